The van der Waals surface area contributed by atoms with Gasteiger partial charge in [-0.3, -0.25) is 9.36 Å². The van der Waals surface area contributed by atoms with E-state index in [0.29, 0.717) is 5.02 Å². The number of carbonyl (C=O) groups is 1. The van der Waals surface area contributed by atoms with Crippen molar-refractivity contribution in [3.8, 4) is 11.4 Å². The van der Waals surface area contributed by atoms with Crippen LogP contribution in [0.3, 0.4) is 0 Å². The first-order chi connectivity index (χ1) is 12.9. The zero-order chi connectivity index (χ0) is 19.6. The number of hydrogen-bond acceptors (Lipinski definition) is 5. The van der Waals surface area contributed by atoms with Gasteiger partial charge in [-0.25, -0.2) is 0 Å². The summed E-state index contributed by atoms with van der Waals surface area (Å²) in [6.07, 6.45) is 0. The minimum Gasteiger partial charge on any atom is -0.325 e. The van der Waals surface area contributed by atoms with Crippen molar-refractivity contribution in [2.45, 2.75) is 38.9 Å². The van der Waals surface area contributed by atoms with E-state index in [1.807, 2.05) is 19.1 Å². The number of hydrogen-bond donors (Lipinski definition) is 1. The predicted octanol–water partition coefficient (Wildman–Crippen LogP) is 5.59. The maximum Gasteiger partial charge on any atom is 0.234 e. The van der Waals surface area contributed by atoms with E-state index >= 15 is 0 Å². The van der Waals surface area contributed by atoms with Gasteiger partial charge < -0.3 is 5.32 Å². The zero-order valence-corrected chi connectivity index (χ0v) is 18.0. The van der Waals surface area contributed by atoms with Crippen LogP contribution in [0.25, 0.3) is 11.4 Å². The van der Waals surface area contributed by atoms with E-state index in [1.165, 1.54) is 16.6 Å². The number of halogens is 1. The van der Waals surface area contributed by atoms with Crippen LogP contribution in [0, 0.1) is 13.8 Å². The molecule has 3 aromatic rings. The van der Waals surface area contributed by atoms with Gasteiger partial charge in [0, 0.05) is 32.6 Å². The Morgan fingerprint density at radius 3 is 2.78 bits per heavy atom. The molecule has 0 aliphatic rings. The maximum absolute atomic E-state index is 12.4. The van der Waals surface area contributed by atoms with Gasteiger partial charge in [-0.1, -0.05) is 29.4 Å². The molecule has 2 aromatic heterocycles. The Kier molecular flexibility index (Phi) is 6.24. The zero-order valence-electron chi connectivity index (χ0n) is 15.6. The number of nitrogens with zero attached hydrogens (tertiary/aromatic N) is 3. The van der Waals surface area contributed by atoms with Crippen molar-refractivity contribution in [1.29, 1.82) is 0 Å². The summed E-state index contributed by atoms with van der Waals surface area (Å²) in [5.74, 6) is 0.985. The van der Waals surface area contributed by atoms with Gasteiger partial charge in [0.2, 0.25) is 5.91 Å². The predicted molar refractivity (Wildman–Crippen MR) is 114 cm³/mol. The van der Waals surface area contributed by atoms with Crippen molar-refractivity contribution in [2.75, 3.05) is 11.1 Å². The molecule has 1 aromatic carbocycles. The fraction of sp³-hybridized carbons (Fsp3) is 0.316. The van der Waals surface area contributed by atoms with E-state index < -0.39 is 0 Å². The Balaban J connectivity index is 1.73. The number of nitrogens with one attached hydrogen (secondary N) is 1. The summed E-state index contributed by atoms with van der Waals surface area (Å²) in [7, 11) is 0. The lowest BCUT2D eigenvalue weighted by Gasteiger charge is -2.13. The molecule has 5 nitrogen and oxygen atoms in total. The first kappa shape index (κ1) is 19.9. The summed E-state index contributed by atoms with van der Waals surface area (Å²) in [5.41, 5.74) is 2.65. The Morgan fingerprint density at radius 1 is 1.33 bits per heavy atom. The average Bonchev–Trinajstić information content (AvgIpc) is 3.23. The molecule has 0 fully saturated rings. The fourth-order valence-electron chi connectivity index (χ4n) is 2.66. The van der Waals surface area contributed by atoms with E-state index in [-0.39, 0.29) is 17.7 Å². The molecular formula is C19H21ClN4OS2. The molecule has 142 valence electrons. The van der Waals surface area contributed by atoms with Crippen LogP contribution in [-0.4, -0.2) is 26.4 Å². The Hall–Kier alpha value is -1.83. The Bertz CT molecular complexity index is 965. The van der Waals surface area contributed by atoms with Gasteiger partial charge in [0.1, 0.15) is 0 Å². The van der Waals surface area contributed by atoms with Gasteiger partial charge >= 0.3 is 0 Å². The van der Waals surface area contributed by atoms with Gasteiger partial charge in [-0.15, -0.1) is 21.5 Å². The van der Waals surface area contributed by atoms with Gasteiger partial charge in [-0.05, 0) is 51.5 Å². The smallest absolute Gasteiger partial charge is 0.234 e. The third-order valence-electron chi connectivity index (χ3n) is 4.04. The van der Waals surface area contributed by atoms with Crippen LogP contribution in [0.1, 0.15) is 30.3 Å². The minimum absolute atomic E-state index is 0.100. The number of carbonyl (C=O) groups excluding carboxylic acids is 1. The molecule has 1 amide bonds. The lowest BCUT2D eigenvalue weighted by Crippen LogP contribution is -2.15. The number of aryl methyl sites for hydroxylation is 1. The summed E-state index contributed by atoms with van der Waals surface area (Å²) in [4.78, 5) is 13.6. The molecule has 8 heteroatoms. The summed E-state index contributed by atoms with van der Waals surface area (Å²) in [6.45, 7) is 8.13. The van der Waals surface area contributed by atoms with Crippen LogP contribution in [0.15, 0.2) is 34.8 Å². The number of rotatable bonds is 6. The number of thiophene rings is 1. The summed E-state index contributed by atoms with van der Waals surface area (Å²) in [5, 5.41) is 15.0. The topological polar surface area (TPSA) is 59.8 Å². The molecule has 0 aliphatic heterocycles. The van der Waals surface area contributed by atoms with Crippen molar-refractivity contribution in [3.05, 3.63) is 45.1 Å². The number of anilines is 1. The van der Waals surface area contributed by atoms with Crippen LogP contribution in [-0.2, 0) is 4.79 Å². The lowest BCUT2D eigenvalue weighted by atomic mass is 10.2. The van der Waals surface area contributed by atoms with Crippen molar-refractivity contribution in [1.82, 2.24) is 14.8 Å². The Morgan fingerprint density at radius 2 is 2.11 bits per heavy atom. The summed E-state index contributed by atoms with van der Waals surface area (Å²) in [6, 6.07) is 7.77. The number of amides is 1. The van der Waals surface area contributed by atoms with Crippen LogP contribution >= 0.6 is 34.7 Å². The van der Waals surface area contributed by atoms with Crippen molar-refractivity contribution in [2.24, 2.45) is 0 Å². The van der Waals surface area contributed by atoms with Gasteiger partial charge in [0.25, 0.3) is 0 Å². The fourth-order valence-corrected chi connectivity index (χ4v) is 4.38. The number of benzene rings is 1. The second-order valence-electron chi connectivity index (χ2n) is 6.47. The van der Waals surface area contributed by atoms with E-state index in [4.69, 9.17) is 11.6 Å². The van der Waals surface area contributed by atoms with E-state index in [9.17, 15) is 4.79 Å². The maximum atomic E-state index is 12.4. The van der Waals surface area contributed by atoms with Crippen LogP contribution in [0.4, 0.5) is 5.69 Å². The third kappa shape index (κ3) is 4.54. The molecule has 0 aliphatic carbocycles. The highest BCUT2D eigenvalue weighted by Crippen LogP contribution is 2.30. The molecular weight excluding hydrogens is 400 g/mol. The second-order valence-corrected chi connectivity index (χ2v) is 8.93. The van der Waals surface area contributed by atoms with Crippen molar-refractivity contribution >= 4 is 46.3 Å². The van der Waals surface area contributed by atoms with Crippen molar-refractivity contribution in [3.63, 3.8) is 0 Å². The quantitative estimate of drug-likeness (QED) is 0.528. The molecule has 0 radical (unpaired) electrons. The molecule has 3 rings (SSSR count). The van der Waals surface area contributed by atoms with Crippen molar-refractivity contribution < 1.29 is 4.79 Å². The first-order valence-corrected chi connectivity index (χ1v) is 10.8. The standard InChI is InChI=1S/C19H21ClN4OS2/c1-11(2)24-18(14-8-12(3)26-9-14)22-23-19(24)27-10-17(25)21-16-7-5-6-15(20)13(16)4/h5-9,11H,10H2,1-4H3,(H,21,25). The van der Waals surface area contributed by atoms with E-state index in [0.717, 1.165) is 27.8 Å². The SMILES string of the molecule is Cc1cc(-c2nnc(SCC(=O)Nc3cccc(Cl)c3C)n2C(C)C)cs1. The third-order valence-corrected chi connectivity index (χ3v) is 6.26. The molecule has 0 atom stereocenters. The highest BCUT2D eigenvalue weighted by Gasteiger charge is 2.18. The molecule has 1 N–H and O–H groups in total. The van der Waals surface area contributed by atoms with Crippen LogP contribution in [0.2, 0.25) is 5.02 Å². The number of aromatic nitrogens is 3. The summed E-state index contributed by atoms with van der Waals surface area (Å²) < 4.78 is 2.07. The molecule has 0 saturated heterocycles. The highest BCUT2D eigenvalue weighted by atomic mass is 35.5. The largest absolute Gasteiger partial charge is 0.325 e. The Labute approximate surface area is 172 Å². The lowest BCUT2D eigenvalue weighted by molar-refractivity contribution is -0.113. The molecule has 0 unspecified atom stereocenters. The van der Waals surface area contributed by atoms with Gasteiger partial charge in [0.05, 0.1) is 5.75 Å². The van der Waals surface area contributed by atoms with Gasteiger partial charge in [-0.2, -0.15) is 0 Å². The number of thioether (sulfide) groups is 1. The average molecular weight is 421 g/mol. The molecule has 0 bridgehead atoms. The second kappa shape index (κ2) is 8.46. The molecule has 0 saturated carbocycles. The molecule has 2 heterocycles. The minimum atomic E-state index is -0.100. The van der Waals surface area contributed by atoms with Crippen LogP contribution < -0.4 is 5.32 Å². The van der Waals surface area contributed by atoms with Crippen LogP contribution in [0.5, 0.6) is 0 Å². The molecule has 0 spiro atoms. The van der Waals surface area contributed by atoms with E-state index in [1.54, 1.807) is 17.4 Å². The molecule has 27 heavy (non-hydrogen) atoms. The monoisotopic (exact) mass is 420 g/mol. The normalized spacial score (nSPS) is 11.2. The highest BCUT2D eigenvalue weighted by molar-refractivity contribution is 7.99. The first-order valence-electron chi connectivity index (χ1n) is 8.55. The van der Waals surface area contributed by atoms with Gasteiger partial charge in [0.15, 0.2) is 11.0 Å². The summed E-state index contributed by atoms with van der Waals surface area (Å²) >= 11 is 9.18. The van der Waals surface area contributed by atoms with E-state index in [2.05, 4.69) is 52.3 Å².